The zero-order valence-corrected chi connectivity index (χ0v) is 13.4. The fourth-order valence-corrected chi connectivity index (χ4v) is 3.25. The summed E-state index contributed by atoms with van der Waals surface area (Å²) in [6, 6.07) is 5.93. The third-order valence-corrected chi connectivity index (χ3v) is 4.59. The van der Waals surface area contributed by atoms with Crippen LogP contribution in [0.15, 0.2) is 24.3 Å². The minimum Gasteiger partial charge on any atom is -0.481 e. The Hall–Kier alpha value is -1.91. The molecule has 1 aliphatic rings. The molecule has 0 bridgehead atoms. The molecule has 4 nitrogen and oxygen atoms in total. The SMILES string of the molecule is CC(CC(=O)N[C@H]1CCCCC[C@H]1C(=O)O)c1cccc(F)c1. The van der Waals surface area contributed by atoms with Gasteiger partial charge in [0.25, 0.3) is 0 Å². The van der Waals surface area contributed by atoms with Crippen LogP contribution < -0.4 is 5.32 Å². The van der Waals surface area contributed by atoms with Gasteiger partial charge in [0.1, 0.15) is 5.82 Å². The molecule has 23 heavy (non-hydrogen) atoms. The number of carboxylic acids is 1. The minimum atomic E-state index is -0.838. The van der Waals surface area contributed by atoms with Gasteiger partial charge in [0.2, 0.25) is 5.91 Å². The first-order valence-electron chi connectivity index (χ1n) is 8.25. The number of aliphatic carboxylic acids is 1. The van der Waals surface area contributed by atoms with Crippen molar-refractivity contribution >= 4 is 11.9 Å². The fraction of sp³-hybridized carbons (Fsp3) is 0.556. The van der Waals surface area contributed by atoms with Gasteiger partial charge >= 0.3 is 5.97 Å². The maximum Gasteiger partial charge on any atom is 0.308 e. The second-order valence-corrected chi connectivity index (χ2v) is 6.42. The van der Waals surface area contributed by atoms with Crippen LogP contribution in [-0.2, 0) is 9.59 Å². The number of rotatable bonds is 5. The van der Waals surface area contributed by atoms with E-state index in [9.17, 15) is 19.1 Å². The molecule has 1 aliphatic carbocycles. The van der Waals surface area contributed by atoms with Crippen molar-refractivity contribution in [2.24, 2.45) is 5.92 Å². The largest absolute Gasteiger partial charge is 0.481 e. The molecule has 1 amide bonds. The molecule has 3 atom stereocenters. The molecule has 126 valence electrons. The summed E-state index contributed by atoms with van der Waals surface area (Å²) in [6.45, 7) is 1.87. The van der Waals surface area contributed by atoms with E-state index in [4.69, 9.17) is 0 Å². The molecule has 5 heteroatoms. The van der Waals surface area contributed by atoms with E-state index in [1.54, 1.807) is 12.1 Å². The lowest BCUT2D eigenvalue weighted by atomic mass is 9.93. The number of benzene rings is 1. The Morgan fingerprint density at radius 2 is 2.04 bits per heavy atom. The van der Waals surface area contributed by atoms with E-state index in [0.29, 0.717) is 12.8 Å². The number of amides is 1. The Labute approximate surface area is 136 Å². The standard InChI is InChI=1S/C18H24FNO3/c1-12(13-6-5-7-14(19)11-13)10-17(21)20-16-9-4-2-3-8-15(16)18(22)23/h5-7,11-12,15-16H,2-4,8-10H2,1H3,(H,20,21)(H,22,23)/t12?,15-,16+/m1/s1. The summed E-state index contributed by atoms with van der Waals surface area (Å²) in [7, 11) is 0. The molecular weight excluding hydrogens is 297 g/mol. The molecule has 2 rings (SSSR count). The van der Waals surface area contributed by atoms with Crippen molar-refractivity contribution in [2.45, 2.75) is 57.4 Å². The van der Waals surface area contributed by atoms with Crippen molar-refractivity contribution in [3.05, 3.63) is 35.6 Å². The summed E-state index contributed by atoms with van der Waals surface area (Å²) in [4.78, 5) is 23.6. The lowest BCUT2D eigenvalue weighted by Crippen LogP contribution is -2.43. The van der Waals surface area contributed by atoms with Gasteiger partial charge in [-0.25, -0.2) is 4.39 Å². The van der Waals surface area contributed by atoms with E-state index < -0.39 is 11.9 Å². The number of nitrogens with one attached hydrogen (secondary N) is 1. The highest BCUT2D eigenvalue weighted by atomic mass is 19.1. The van der Waals surface area contributed by atoms with Crippen LogP contribution in [0.25, 0.3) is 0 Å². The molecule has 1 aromatic rings. The van der Waals surface area contributed by atoms with E-state index >= 15 is 0 Å². The van der Waals surface area contributed by atoms with Crippen molar-refractivity contribution in [3.63, 3.8) is 0 Å². The number of halogens is 1. The maximum absolute atomic E-state index is 13.3. The van der Waals surface area contributed by atoms with Crippen molar-refractivity contribution in [2.75, 3.05) is 0 Å². The van der Waals surface area contributed by atoms with Crippen LogP contribution in [0.4, 0.5) is 4.39 Å². The maximum atomic E-state index is 13.3. The second-order valence-electron chi connectivity index (χ2n) is 6.42. The summed E-state index contributed by atoms with van der Waals surface area (Å²) >= 11 is 0. The third-order valence-electron chi connectivity index (χ3n) is 4.59. The van der Waals surface area contributed by atoms with E-state index in [0.717, 1.165) is 24.8 Å². The smallest absolute Gasteiger partial charge is 0.308 e. The van der Waals surface area contributed by atoms with Gasteiger partial charge in [-0.2, -0.15) is 0 Å². The molecule has 0 radical (unpaired) electrons. The summed E-state index contributed by atoms with van der Waals surface area (Å²) in [6.07, 6.45) is 4.39. The van der Waals surface area contributed by atoms with Crippen LogP contribution in [0, 0.1) is 11.7 Å². The first-order valence-corrected chi connectivity index (χ1v) is 8.25. The van der Waals surface area contributed by atoms with E-state index in [2.05, 4.69) is 5.32 Å². The third kappa shape index (κ3) is 5.05. The number of carboxylic acid groups (broad SMARTS) is 1. The second kappa shape index (κ2) is 8.09. The fourth-order valence-electron chi connectivity index (χ4n) is 3.25. The van der Waals surface area contributed by atoms with Crippen molar-refractivity contribution in [1.82, 2.24) is 5.32 Å². The molecule has 0 aliphatic heterocycles. The molecule has 0 saturated heterocycles. The zero-order valence-electron chi connectivity index (χ0n) is 13.4. The van der Waals surface area contributed by atoms with Gasteiger partial charge in [0.05, 0.1) is 5.92 Å². The normalized spacial score (nSPS) is 22.9. The quantitative estimate of drug-likeness (QED) is 0.816. The Kier molecular flexibility index (Phi) is 6.13. The lowest BCUT2D eigenvalue weighted by molar-refractivity contribution is -0.143. The topological polar surface area (TPSA) is 66.4 Å². The predicted octanol–water partition coefficient (Wildman–Crippen LogP) is 3.47. The van der Waals surface area contributed by atoms with Gasteiger partial charge in [-0.15, -0.1) is 0 Å². The van der Waals surface area contributed by atoms with Gasteiger partial charge in [-0.1, -0.05) is 38.3 Å². The number of carbonyl (C=O) groups excluding carboxylic acids is 1. The Bertz CT molecular complexity index is 561. The molecule has 0 spiro atoms. The Morgan fingerprint density at radius 1 is 1.30 bits per heavy atom. The molecule has 0 aromatic heterocycles. The van der Waals surface area contributed by atoms with Crippen LogP contribution in [-0.4, -0.2) is 23.0 Å². The van der Waals surface area contributed by atoms with Gasteiger partial charge in [-0.05, 0) is 36.5 Å². The van der Waals surface area contributed by atoms with Crippen molar-refractivity contribution in [1.29, 1.82) is 0 Å². The number of hydrogen-bond donors (Lipinski definition) is 2. The van der Waals surface area contributed by atoms with Gasteiger partial charge in [0, 0.05) is 12.5 Å². The average Bonchev–Trinajstić information content (AvgIpc) is 2.72. The summed E-state index contributed by atoms with van der Waals surface area (Å²) in [5.74, 6) is -1.94. The van der Waals surface area contributed by atoms with Gasteiger partial charge < -0.3 is 10.4 Å². The first-order chi connectivity index (χ1) is 11.0. The van der Waals surface area contributed by atoms with Crippen LogP contribution in [0.2, 0.25) is 0 Å². The summed E-state index contributed by atoms with van der Waals surface area (Å²) in [5, 5.41) is 12.2. The Morgan fingerprint density at radius 3 is 2.74 bits per heavy atom. The van der Waals surface area contributed by atoms with Crippen LogP contribution in [0.5, 0.6) is 0 Å². The highest BCUT2D eigenvalue weighted by Gasteiger charge is 2.30. The summed E-state index contributed by atoms with van der Waals surface area (Å²) in [5.41, 5.74) is 0.774. The predicted molar refractivity (Wildman–Crippen MR) is 85.6 cm³/mol. The molecule has 1 fully saturated rings. The van der Waals surface area contributed by atoms with Crippen molar-refractivity contribution in [3.8, 4) is 0 Å². The van der Waals surface area contributed by atoms with Crippen LogP contribution in [0.1, 0.15) is 56.9 Å². The number of hydrogen-bond acceptors (Lipinski definition) is 2. The molecule has 0 heterocycles. The monoisotopic (exact) mass is 321 g/mol. The Balaban J connectivity index is 1.95. The average molecular weight is 321 g/mol. The molecule has 1 saturated carbocycles. The summed E-state index contributed by atoms with van der Waals surface area (Å²) < 4.78 is 13.3. The lowest BCUT2D eigenvalue weighted by Gasteiger charge is -2.23. The molecule has 1 unspecified atom stereocenters. The van der Waals surface area contributed by atoms with Crippen LogP contribution in [0.3, 0.4) is 0 Å². The highest BCUT2D eigenvalue weighted by Crippen LogP contribution is 2.25. The highest BCUT2D eigenvalue weighted by molar-refractivity contribution is 5.78. The van der Waals surface area contributed by atoms with Crippen LogP contribution >= 0.6 is 0 Å². The van der Waals surface area contributed by atoms with Crippen molar-refractivity contribution < 1.29 is 19.1 Å². The van der Waals surface area contributed by atoms with E-state index in [1.807, 2.05) is 6.92 Å². The molecule has 2 N–H and O–H groups in total. The molecular formula is C18H24FNO3. The van der Waals surface area contributed by atoms with E-state index in [1.165, 1.54) is 12.1 Å². The van der Waals surface area contributed by atoms with Gasteiger partial charge in [0.15, 0.2) is 0 Å². The first kappa shape index (κ1) is 17.4. The molecule has 1 aromatic carbocycles. The van der Waals surface area contributed by atoms with E-state index in [-0.39, 0.29) is 30.1 Å². The number of carbonyl (C=O) groups is 2. The van der Waals surface area contributed by atoms with Gasteiger partial charge in [-0.3, -0.25) is 9.59 Å². The minimum absolute atomic E-state index is 0.111. The zero-order chi connectivity index (χ0) is 16.8.